The summed E-state index contributed by atoms with van der Waals surface area (Å²) in [4.78, 5) is 9.98. The molecule has 0 aliphatic heterocycles. The Hall–Kier alpha value is -1.51. The van der Waals surface area contributed by atoms with Crippen LogP contribution in [-0.2, 0) is 4.79 Å². The van der Waals surface area contributed by atoms with E-state index < -0.39 is 0 Å². The van der Waals surface area contributed by atoms with Crippen molar-refractivity contribution >= 4 is 12.1 Å². The third-order valence-corrected chi connectivity index (χ3v) is 1.43. The van der Waals surface area contributed by atoms with E-state index in [1.165, 1.54) is 6.07 Å². The number of rotatable bonds is 2. The molecule has 0 bridgehead atoms. The summed E-state index contributed by atoms with van der Waals surface area (Å²) in [7, 11) is 0. The maximum Gasteiger partial charge on any atom is 0.211 e. The minimum atomic E-state index is 0.192. The van der Waals surface area contributed by atoms with Gasteiger partial charge in [0.15, 0.2) is 0 Å². The van der Waals surface area contributed by atoms with E-state index in [0.29, 0.717) is 12.1 Å². The Balaban J connectivity index is 2.95. The van der Waals surface area contributed by atoms with E-state index in [9.17, 15) is 9.90 Å². The largest absolute Gasteiger partial charge is 0.508 e. The molecular formula is C8H9NO2. The lowest BCUT2D eigenvalue weighted by molar-refractivity contribution is -0.105. The number of phenolic OH excluding ortho intramolecular Hbond substituents is 1. The van der Waals surface area contributed by atoms with Gasteiger partial charge >= 0.3 is 0 Å². The van der Waals surface area contributed by atoms with E-state index in [1.54, 1.807) is 19.1 Å². The van der Waals surface area contributed by atoms with Crippen molar-refractivity contribution in [2.75, 3.05) is 5.32 Å². The summed E-state index contributed by atoms with van der Waals surface area (Å²) >= 11 is 0. The fourth-order valence-corrected chi connectivity index (χ4v) is 0.767. The van der Waals surface area contributed by atoms with Gasteiger partial charge in [-0.2, -0.15) is 0 Å². The average Bonchev–Trinajstić information content (AvgIpc) is 1.98. The van der Waals surface area contributed by atoms with Gasteiger partial charge in [0.25, 0.3) is 0 Å². The summed E-state index contributed by atoms with van der Waals surface area (Å²) < 4.78 is 0. The van der Waals surface area contributed by atoms with Crippen molar-refractivity contribution in [2.24, 2.45) is 0 Å². The molecular weight excluding hydrogens is 142 g/mol. The SMILES string of the molecule is Cc1ccc(NC=O)cc1O. The van der Waals surface area contributed by atoms with Gasteiger partial charge in [0.05, 0.1) is 0 Å². The fourth-order valence-electron chi connectivity index (χ4n) is 0.767. The summed E-state index contributed by atoms with van der Waals surface area (Å²) in [5.41, 5.74) is 1.39. The first-order valence-corrected chi connectivity index (χ1v) is 3.24. The zero-order valence-electron chi connectivity index (χ0n) is 6.16. The number of nitrogens with one attached hydrogen (secondary N) is 1. The lowest BCUT2D eigenvalue weighted by Gasteiger charge is -2.01. The number of amides is 1. The highest BCUT2D eigenvalue weighted by atomic mass is 16.3. The molecule has 0 aliphatic carbocycles. The molecule has 0 radical (unpaired) electrons. The molecule has 0 atom stereocenters. The van der Waals surface area contributed by atoms with Gasteiger partial charge in [0.2, 0.25) is 6.41 Å². The molecule has 11 heavy (non-hydrogen) atoms. The second-order valence-corrected chi connectivity index (χ2v) is 2.26. The van der Waals surface area contributed by atoms with Gasteiger partial charge in [0.1, 0.15) is 5.75 Å². The third-order valence-electron chi connectivity index (χ3n) is 1.43. The number of hydrogen-bond donors (Lipinski definition) is 2. The Labute approximate surface area is 64.7 Å². The van der Waals surface area contributed by atoms with Crippen molar-refractivity contribution in [3.05, 3.63) is 23.8 Å². The summed E-state index contributed by atoms with van der Waals surface area (Å²) in [6.07, 6.45) is 0.574. The van der Waals surface area contributed by atoms with Gasteiger partial charge in [0, 0.05) is 11.8 Å². The molecule has 0 spiro atoms. The Morgan fingerprint density at radius 3 is 2.82 bits per heavy atom. The first-order chi connectivity index (χ1) is 5.24. The van der Waals surface area contributed by atoms with Crippen molar-refractivity contribution in [2.45, 2.75) is 6.92 Å². The molecule has 1 rings (SSSR count). The normalized spacial score (nSPS) is 9.18. The lowest BCUT2D eigenvalue weighted by Crippen LogP contribution is -1.92. The van der Waals surface area contributed by atoms with Crippen LogP contribution in [0.1, 0.15) is 5.56 Å². The highest BCUT2D eigenvalue weighted by Gasteiger charge is 1.95. The van der Waals surface area contributed by atoms with Crippen LogP contribution < -0.4 is 5.32 Å². The first kappa shape index (κ1) is 7.60. The second kappa shape index (κ2) is 3.05. The number of phenols is 1. The Bertz CT molecular complexity index is 271. The van der Waals surface area contributed by atoms with Gasteiger partial charge in [-0.3, -0.25) is 4.79 Å². The minimum Gasteiger partial charge on any atom is -0.508 e. The molecule has 1 amide bonds. The standard InChI is InChI=1S/C8H9NO2/c1-6-2-3-7(9-5-10)4-8(6)11/h2-5,11H,1H3,(H,9,10). The number of aryl methyl sites for hydroxylation is 1. The van der Waals surface area contributed by atoms with Crippen LogP contribution in [-0.4, -0.2) is 11.5 Å². The Morgan fingerprint density at radius 1 is 1.55 bits per heavy atom. The highest BCUT2D eigenvalue weighted by Crippen LogP contribution is 2.19. The van der Waals surface area contributed by atoms with Crippen LogP contribution in [0.3, 0.4) is 0 Å². The second-order valence-electron chi connectivity index (χ2n) is 2.26. The van der Waals surface area contributed by atoms with E-state index in [1.807, 2.05) is 0 Å². The van der Waals surface area contributed by atoms with Crippen molar-refractivity contribution < 1.29 is 9.90 Å². The monoisotopic (exact) mass is 151 g/mol. The molecule has 3 heteroatoms. The maximum absolute atomic E-state index is 9.98. The van der Waals surface area contributed by atoms with Crippen LogP contribution in [0, 0.1) is 6.92 Å². The number of carbonyl (C=O) groups excluding carboxylic acids is 1. The predicted octanol–water partition coefficient (Wildman–Crippen LogP) is 1.27. The zero-order valence-corrected chi connectivity index (χ0v) is 6.16. The average molecular weight is 151 g/mol. The highest BCUT2D eigenvalue weighted by molar-refractivity contribution is 5.72. The Morgan fingerprint density at radius 2 is 2.27 bits per heavy atom. The summed E-state index contributed by atoms with van der Waals surface area (Å²) in [6, 6.07) is 4.97. The minimum absolute atomic E-state index is 0.192. The van der Waals surface area contributed by atoms with Crippen LogP contribution in [0.15, 0.2) is 18.2 Å². The third kappa shape index (κ3) is 1.70. The lowest BCUT2D eigenvalue weighted by atomic mass is 10.2. The van der Waals surface area contributed by atoms with Crippen LogP contribution >= 0.6 is 0 Å². The molecule has 0 unspecified atom stereocenters. The molecule has 0 fully saturated rings. The van der Waals surface area contributed by atoms with E-state index in [0.717, 1.165) is 5.56 Å². The van der Waals surface area contributed by atoms with Gasteiger partial charge in [-0.1, -0.05) is 6.07 Å². The molecule has 0 aliphatic rings. The first-order valence-electron chi connectivity index (χ1n) is 3.24. The van der Waals surface area contributed by atoms with Crippen molar-refractivity contribution in [3.63, 3.8) is 0 Å². The summed E-state index contributed by atoms with van der Waals surface area (Å²) in [6.45, 7) is 1.79. The molecule has 0 aromatic heterocycles. The smallest absolute Gasteiger partial charge is 0.211 e. The van der Waals surface area contributed by atoms with Crippen LogP contribution in [0.5, 0.6) is 5.75 Å². The van der Waals surface area contributed by atoms with Crippen molar-refractivity contribution in [1.82, 2.24) is 0 Å². The van der Waals surface area contributed by atoms with E-state index in [2.05, 4.69) is 5.32 Å². The van der Waals surface area contributed by atoms with Gasteiger partial charge in [-0.25, -0.2) is 0 Å². The van der Waals surface area contributed by atoms with Gasteiger partial charge in [-0.05, 0) is 18.6 Å². The quantitative estimate of drug-likeness (QED) is 0.625. The zero-order chi connectivity index (χ0) is 8.27. The van der Waals surface area contributed by atoms with Crippen LogP contribution in [0.4, 0.5) is 5.69 Å². The van der Waals surface area contributed by atoms with Crippen LogP contribution in [0.2, 0.25) is 0 Å². The van der Waals surface area contributed by atoms with E-state index in [-0.39, 0.29) is 5.75 Å². The molecule has 0 heterocycles. The maximum atomic E-state index is 9.98. The number of hydrogen-bond acceptors (Lipinski definition) is 2. The molecule has 0 saturated heterocycles. The molecule has 58 valence electrons. The number of carbonyl (C=O) groups is 1. The molecule has 3 nitrogen and oxygen atoms in total. The predicted molar refractivity (Wildman–Crippen MR) is 42.5 cm³/mol. The molecule has 0 saturated carbocycles. The molecule has 1 aromatic rings. The van der Waals surface area contributed by atoms with Gasteiger partial charge < -0.3 is 10.4 Å². The summed E-state index contributed by atoms with van der Waals surface area (Å²) in [5.74, 6) is 0.192. The number of anilines is 1. The number of aromatic hydroxyl groups is 1. The number of benzene rings is 1. The molecule has 1 aromatic carbocycles. The van der Waals surface area contributed by atoms with Gasteiger partial charge in [-0.15, -0.1) is 0 Å². The fraction of sp³-hybridized carbons (Fsp3) is 0.125. The van der Waals surface area contributed by atoms with E-state index >= 15 is 0 Å². The van der Waals surface area contributed by atoms with Crippen molar-refractivity contribution in [1.29, 1.82) is 0 Å². The summed E-state index contributed by atoms with van der Waals surface area (Å²) in [5, 5.41) is 11.6. The van der Waals surface area contributed by atoms with E-state index in [4.69, 9.17) is 0 Å². The molecule has 2 N–H and O–H groups in total. The topological polar surface area (TPSA) is 49.3 Å². The van der Waals surface area contributed by atoms with Crippen LogP contribution in [0.25, 0.3) is 0 Å². The van der Waals surface area contributed by atoms with Crippen molar-refractivity contribution in [3.8, 4) is 5.75 Å². The Kier molecular flexibility index (Phi) is 2.11.